The van der Waals surface area contributed by atoms with Gasteiger partial charge in [-0.15, -0.1) is 0 Å². The fourth-order valence-electron chi connectivity index (χ4n) is 2.31. The van der Waals surface area contributed by atoms with Crippen LogP contribution in [0.3, 0.4) is 0 Å². The van der Waals surface area contributed by atoms with Crippen molar-refractivity contribution in [2.24, 2.45) is 7.05 Å². The molecule has 1 atom stereocenters. The number of aryl methyl sites for hydroxylation is 2. The Morgan fingerprint density at radius 1 is 1.25 bits per heavy atom. The summed E-state index contributed by atoms with van der Waals surface area (Å²) in [4.78, 5) is 8.82. The Labute approximate surface area is 121 Å². The first-order valence-electron chi connectivity index (χ1n) is 7.39. The maximum Gasteiger partial charge on any atom is 0.109 e. The van der Waals surface area contributed by atoms with Crippen molar-refractivity contribution in [3.63, 3.8) is 0 Å². The number of hydrogen-bond donors (Lipinski definition) is 1. The number of pyridine rings is 1. The van der Waals surface area contributed by atoms with E-state index in [0.29, 0.717) is 6.04 Å². The van der Waals surface area contributed by atoms with Crippen LogP contribution in [-0.4, -0.2) is 27.1 Å². The first-order chi connectivity index (χ1) is 9.79. The van der Waals surface area contributed by atoms with Gasteiger partial charge in [-0.2, -0.15) is 0 Å². The van der Waals surface area contributed by atoms with E-state index in [0.717, 1.165) is 43.7 Å². The summed E-state index contributed by atoms with van der Waals surface area (Å²) in [5.74, 6) is 1.14. The number of hydrogen-bond acceptors (Lipinski definition) is 3. The largest absolute Gasteiger partial charge is 0.338 e. The number of nitrogens with one attached hydrogen (secondary N) is 1. The summed E-state index contributed by atoms with van der Waals surface area (Å²) in [5.41, 5.74) is 1.16. The second-order valence-electron chi connectivity index (χ2n) is 5.17. The van der Waals surface area contributed by atoms with Crippen molar-refractivity contribution in [2.75, 3.05) is 6.54 Å². The van der Waals surface area contributed by atoms with Gasteiger partial charge >= 0.3 is 0 Å². The normalized spacial score (nSPS) is 12.5. The average molecular weight is 272 g/mol. The summed E-state index contributed by atoms with van der Waals surface area (Å²) in [6, 6.07) is 6.57. The summed E-state index contributed by atoms with van der Waals surface area (Å²) in [6.07, 6.45) is 9.95. The lowest BCUT2D eigenvalue weighted by atomic mass is 10.1. The molecule has 1 N–H and O–H groups in total. The summed E-state index contributed by atoms with van der Waals surface area (Å²) in [6.45, 7) is 3.25. The SMILES string of the molecule is CCCNC(CCc1ccccn1)Cc1nccn1C. The van der Waals surface area contributed by atoms with Gasteiger partial charge in [-0.25, -0.2) is 4.98 Å². The van der Waals surface area contributed by atoms with Gasteiger partial charge in [0.1, 0.15) is 5.82 Å². The van der Waals surface area contributed by atoms with Crippen LogP contribution in [0.1, 0.15) is 31.3 Å². The van der Waals surface area contributed by atoms with Gasteiger partial charge in [-0.05, 0) is 37.9 Å². The maximum absolute atomic E-state index is 4.43. The van der Waals surface area contributed by atoms with Crippen LogP contribution in [0.5, 0.6) is 0 Å². The number of nitrogens with zero attached hydrogens (tertiary/aromatic N) is 3. The number of rotatable bonds is 8. The molecule has 0 saturated heterocycles. The first kappa shape index (κ1) is 14.7. The molecule has 2 rings (SSSR count). The highest BCUT2D eigenvalue weighted by atomic mass is 15.0. The standard InChI is InChI=1S/C16H24N4/c1-3-9-17-15(13-16-19-11-12-20(16)2)8-7-14-6-4-5-10-18-14/h4-6,10-12,15,17H,3,7-9,13H2,1-2H3. The third kappa shape index (κ3) is 4.46. The first-order valence-corrected chi connectivity index (χ1v) is 7.39. The van der Waals surface area contributed by atoms with Gasteiger partial charge in [-0.3, -0.25) is 4.98 Å². The Morgan fingerprint density at radius 2 is 2.15 bits per heavy atom. The minimum atomic E-state index is 0.457. The molecule has 0 spiro atoms. The average Bonchev–Trinajstić information content (AvgIpc) is 2.88. The molecule has 0 radical (unpaired) electrons. The van der Waals surface area contributed by atoms with E-state index < -0.39 is 0 Å². The van der Waals surface area contributed by atoms with E-state index in [-0.39, 0.29) is 0 Å². The molecule has 4 heteroatoms. The Balaban J connectivity index is 1.91. The fourth-order valence-corrected chi connectivity index (χ4v) is 2.31. The zero-order chi connectivity index (χ0) is 14.2. The summed E-state index contributed by atoms with van der Waals surface area (Å²) >= 11 is 0. The lowest BCUT2D eigenvalue weighted by Gasteiger charge is -2.18. The van der Waals surface area contributed by atoms with E-state index in [1.807, 2.05) is 24.7 Å². The van der Waals surface area contributed by atoms with Crippen molar-refractivity contribution in [2.45, 2.75) is 38.6 Å². The van der Waals surface area contributed by atoms with Crippen molar-refractivity contribution in [1.29, 1.82) is 0 Å². The monoisotopic (exact) mass is 272 g/mol. The highest BCUT2D eigenvalue weighted by molar-refractivity contribution is 5.04. The van der Waals surface area contributed by atoms with Crippen molar-refractivity contribution in [1.82, 2.24) is 19.9 Å². The van der Waals surface area contributed by atoms with E-state index >= 15 is 0 Å². The minimum absolute atomic E-state index is 0.457. The zero-order valence-electron chi connectivity index (χ0n) is 12.4. The minimum Gasteiger partial charge on any atom is -0.338 e. The Morgan fingerprint density at radius 3 is 2.80 bits per heavy atom. The van der Waals surface area contributed by atoms with Gasteiger partial charge in [0.05, 0.1) is 0 Å². The molecule has 0 aliphatic carbocycles. The van der Waals surface area contributed by atoms with Crippen LogP contribution >= 0.6 is 0 Å². The molecule has 0 aliphatic heterocycles. The van der Waals surface area contributed by atoms with Gasteiger partial charge in [0, 0.05) is 43.8 Å². The van der Waals surface area contributed by atoms with Crippen molar-refractivity contribution >= 4 is 0 Å². The molecule has 108 valence electrons. The fraction of sp³-hybridized carbons (Fsp3) is 0.500. The molecule has 1 unspecified atom stereocenters. The predicted octanol–water partition coefficient (Wildman–Crippen LogP) is 2.36. The molecular weight excluding hydrogens is 248 g/mol. The topological polar surface area (TPSA) is 42.7 Å². The molecular formula is C16H24N4. The molecule has 0 aromatic carbocycles. The molecule has 0 saturated carbocycles. The maximum atomic E-state index is 4.43. The van der Waals surface area contributed by atoms with Crippen LogP contribution in [0.2, 0.25) is 0 Å². The van der Waals surface area contributed by atoms with Crippen LogP contribution in [0.4, 0.5) is 0 Å². The molecule has 2 aromatic heterocycles. The van der Waals surface area contributed by atoms with E-state index in [9.17, 15) is 0 Å². The van der Waals surface area contributed by atoms with Gasteiger partial charge < -0.3 is 9.88 Å². The molecule has 0 fully saturated rings. The quantitative estimate of drug-likeness (QED) is 0.802. The van der Waals surface area contributed by atoms with Gasteiger partial charge in [0.25, 0.3) is 0 Å². The summed E-state index contributed by atoms with van der Waals surface area (Å²) in [7, 11) is 2.05. The van der Waals surface area contributed by atoms with Crippen LogP contribution in [0.15, 0.2) is 36.8 Å². The smallest absolute Gasteiger partial charge is 0.109 e. The Hall–Kier alpha value is -1.68. The lowest BCUT2D eigenvalue weighted by Crippen LogP contribution is -2.33. The molecule has 2 aromatic rings. The summed E-state index contributed by atoms with van der Waals surface area (Å²) < 4.78 is 2.10. The van der Waals surface area contributed by atoms with Crippen molar-refractivity contribution in [3.8, 4) is 0 Å². The van der Waals surface area contributed by atoms with Crippen molar-refractivity contribution in [3.05, 3.63) is 48.3 Å². The molecule has 0 bridgehead atoms. The van der Waals surface area contributed by atoms with Crippen LogP contribution < -0.4 is 5.32 Å². The molecule has 2 heterocycles. The highest BCUT2D eigenvalue weighted by Gasteiger charge is 2.12. The van der Waals surface area contributed by atoms with Crippen LogP contribution in [0, 0.1) is 0 Å². The van der Waals surface area contributed by atoms with Gasteiger partial charge in [-0.1, -0.05) is 13.0 Å². The third-order valence-corrected chi connectivity index (χ3v) is 3.51. The Bertz CT molecular complexity index is 492. The third-order valence-electron chi connectivity index (χ3n) is 3.51. The van der Waals surface area contributed by atoms with Gasteiger partial charge in [0.15, 0.2) is 0 Å². The molecule has 4 nitrogen and oxygen atoms in total. The highest BCUT2D eigenvalue weighted by Crippen LogP contribution is 2.07. The number of imidazole rings is 1. The number of aromatic nitrogens is 3. The van der Waals surface area contributed by atoms with Crippen molar-refractivity contribution < 1.29 is 0 Å². The van der Waals surface area contributed by atoms with Crippen LogP contribution in [-0.2, 0) is 19.9 Å². The van der Waals surface area contributed by atoms with Gasteiger partial charge in [0.2, 0.25) is 0 Å². The zero-order valence-corrected chi connectivity index (χ0v) is 12.4. The second-order valence-corrected chi connectivity index (χ2v) is 5.17. The Kier molecular flexibility index (Phi) is 5.74. The molecule has 20 heavy (non-hydrogen) atoms. The van der Waals surface area contributed by atoms with E-state index in [1.54, 1.807) is 0 Å². The van der Waals surface area contributed by atoms with E-state index in [1.165, 1.54) is 0 Å². The molecule has 0 amide bonds. The second kappa shape index (κ2) is 7.80. The van der Waals surface area contributed by atoms with Crippen LogP contribution in [0.25, 0.3) is 0 Å². The molecule has 0 aliphatic rings. The van der Waals surface area contributed by atoms with E-state index in [2.05, 4.69) is 46.0 Å². The van der Waals surface area contributed by atoms with E-state index in [4.69, 9.17) is 0 Å². The lowest BCUT2D eigenvalue weighted by molar-refractivity contribution is 0.463. The predicted molar refractivity (Wildman–Crippen MR) is 81.6 cm³/mol. The summed E-state index contributed by atoms with van der Waals surface area (Å²) in [5, 5.41) is 3.62.